The SMILES string of the molecule is COC(=O)/C=C/O[C@@H]1[C@@H](Cc2ccccc2)COC[C@H](NC(=O)c2nccc(OC)c2OCOC(C)=O)C(=O)O[C@H]1C. The topological polar surface area (TPSA) is 158 Å². The van der Waals surface area contributed by atoms with Gasteiger partial charge in [0, 0.05) is 25.1 Å². The fourth-order valence-corrected chi connectivity index (χ4v) is 4.17. The van der Waals surface area contributed by atoms with Crippen molar-refractivity contribution in [3.05, 3.63) is 66.2 Å². The minimum absolute atomic E-state index is 0.0850. The van der Waals surface area contributed by atoms with Crippen LogP contribution in [0, 0.1) is 5.92 Å². The molecular weight excluding hydrogens is 552 g/mol. The number of nitrogens with one attached hydrogen (secondary N) is 1. The van der Waals surface area contributed by atoms with E-state index in [1.807, 2.05) is 30.3 Å². The van der Waals surface area contributed by atoms with Gasteiger partial charge in [-0.25, -0.2) is 14.6 Å². The van der Waals surface area contributed by atoms with Crippen molar-refractivity contribution in [2.45, 2.75) is 38.5 Å². The number of pyridine rings is 1. The number of aromatic nitrogens is 1. The van der Waals surface area contributed by atoms with E-state index >= 15 is 0 Å². The third-order valence-corrected chi connectivity index (χ3v) is 6.19. The first-order valence-electron chi connectivity index (χ1n) is 13.1. The molecular formula is C29H34N2O11. The zero-order chi connectivity index (χ0) is 30.5. The lowest BCUT2D eigenvalue weighted by Gasteiger charge is -2.30. The highest BCUT2D eigenvalue weighted by Crippen LogP contribution is 2.30. The van der Waals surface area contributed by atoms with E-state index in [2.05, 4.69) is 15.0 Å². The predicted molar refractivity (Wildman–Crippen MR) is 145 cm³/mol. The molecule has 1 saturated heterocycles. The van der Waals surface area contributed by atoms with Crippen LogP contribution >= 0.6 is 0 Å². The number of amides is 1. The minimum Gasteiger partial charge on any atom is -0.494 e. The van der Waals surface area contributed by atoms with Gasteiger partial charge in [-0.2, -0.15) is 0 Å². The Balaban J connectivity index is 1.80. The largest absolute Gasteiger partial charge is 0.494 e. The van der Waals surface area contributed by atoms with E-state index in [4.69, 9.17) is 28.4 Å². The average molecular weight is 587 g/mol. The molecule has 42 heavy (non-hydrogen) atoms. The molecule has 0 bridgehead atoms. The van der Waals surface area contributed by atoms with E-state index in [1.165, 1.54) is 39.7 Å². The summed E-state index contributed by atoms with van der Waals surface area (Å²) in [6.45, 7) is 2.31. The summed E-state index contributed by atoms with van der Waals surface area (Å²) in [5.74, 6) is -2.97. The Hall–Kier alpha value is -4.65. The van der Waals surface area contributed by atoms with Crippen LogP contribution < -0.4 is 14.8 Å². The average Bonchev–Trinajstić information content (AvgIpc) is 3.02. The summed E-state index contributed by atoms with van der Waals surface area (Å²) in [5.41, 5.74) is 0.794. The van der Waals surface area contributed by atoms with Gasteiger partial charge in [-0.3, -0.25) is 9.59 Å². The number of carbonyl (C=O) groups excluding carboxylic acids is 4. The molecule has 0 unspecified atom stereocenters. The van der Waals surface area contributed by atoms with Crippen LogP contribution in [0.4, 0.5) is 0 Å². The number of rotatable bonds is 11. The number of esters is 3. The zero-order valence-electron chi connectivity index (χ0n) is 23.8. The molecule has 2 aromatic rings. The van der Waals surface area contributed by atoms with Gasteiger partial charge in [0.1, 0.15) is 12.2 Å². The molecule has 13 nitrogen and oxygen atoms in total. The Labute approximate surface area is 243 Å². The molecule has 0 aliphatic carbocycles. The summed E-state index contributed by atoms with van der Waals surface area (Å²) in [6.07, 6.45) is 2.66. The van der Waals surface area contributed by atoms with Crippen molar-refractivity contribution in [2.75, 3.05) is 34.2 Å². The Kier molecular flexibility index (Phi) is 12.1. The lowest BCUT2D eigenvalue weighted by Crippen LogP contribution is -2.46. The normalized spacial score (nSPS) is 20.7. The highest BCUT2D eigenvalue weighted by atomic mass is 16.7. The Morgan fingerprint density at radius 2 is 1.88 bits per heavy atom. The molecule has 1 amide bonds. The standard InChI is InChI=1S/C29H34N2O11/c1-18-26(39-13-11-24(33)37-4)21(14-20-8-6-5-7-9-20)15-38-16-22(29(35)42-18)31-28(34)25-27(41-17-40-19(2)32)23(36-3)10-12-30-25/h5-13,18,21-22,26H,14-17H2,1-4H3,(H,31,34)/b13-11+/t18-,21-,22-,26-/m0/s1. The lowest BCUT2D eigenvalue weighted by atomic mass is 9.91. The minimum atomic E-state index is -1.21. The number of cyclic esters (lactones) is 1. The van der Waals surface area contributed by atoms with Gasteiger partial charge in [0.2, 0.25) is 6.79 Å². The number of carbonyl (C=O) groups is 4. The second-order valence-electron chi connectivity index (χ2n) is 9.17. The lowest BCUT2D eigenvalue weighted by molar-refractivity contribution is -0.157. The summed E-state index contributed by atoms with van der Waals surface area (Å²) < 4.78 is 37.6. The molecule has 3 rings (SSSR count). The Morgan fingerprint density at radius 3 is 2.57 bits per heavy atom. The molecule has 0 saturated carbocycles. The second kappa shape index (κ2) is 16.0. The Morgan fingerprint density at radius 1 is 1.12 bits per heavy atom. The number of nitrogens with zero attached hydrogens (tertiary/aromatic N) is 1. The van der Waals surface area contributed by atoms with Gasteiger partial charge in [0.25, 0.3) is 5.91 Å². The number of methoxy groups -OCH3 is 2. The predicted octanol–water partition coefficient (Wildman–Crippen LogP) is 1.98. The van der Waals surface area contributed by atoms with Crippen molar-refractivity contribution in [2.24, 2.45) is 5.92 Å². The molecule has 1 aromatic carbocycles. The third kappa shape index (κ3) is 9.20. The third-order valence-electron chi connectivity index (χ3n) is 6.19. The van der Waals surface area contributed by atoms with Crippen molar-refractivity contribution in [1.82, 2.24) is 10.3 Å². The molecule has 0 spiro atoms. The van der Waals surface area contributed by atoms with E-state index in [9.17, 15) is 19.2 Å². The molecule has 226 valence electrons. The first-order valence-corrected chi connectivity index (χ1v) is 13.1. The number of hydrogen-bond acceptors (Lipinski definition) is 12. The van der Waals surface area contributed by atoms with Crippen LogP contribution in [0.15, 0.2) is 54.9 Å². The quantitative estimate of drug-likeness (QED) is 0.134. The summed E-state index contributed by atoms with van der Waals surface area (Å²) in [6, 6.07) is 9.87. The summed E-state index contributed by atoms with van der Waals surface area (Å²) >= 11 is 0. The van der Waals surface area contributed by atoms with Gasteiger partial charge < -0.3 is 38.5 Å². The molecule has 1 aliphatic heterocycles. The van der Waals surface area contributed by atoms with Crippen LogP contribution in [0.25, 0.3) is 0 Å². The van der Waals surface area contributed by atoms with Crippen LogP contribution in [-0.2, 0) is 44.5 Å². The molecule has 13 heteroatoms. The second-order valence-corrected chi connectivity index (χ2v) is 9.17. The molecule has 4 atom stereocenters. The summed E-state index contributed by atoms with van der Waals surface area (Å²) in [4.78, 5) is 53.2. The maximum atomic E-state index is 13.3. The van der Waals surface area contributed by atoms with Crippen molar-refractivity contribution in [3.63, 3.8) is 0 Å². The van der Waals surface area contributed by atoms with E-state index in [0.29, 0.717) is 6.42 Å². The van der Waals surface area contributed by atoms with E-state index < -0.39 is 48.9 Å². The van der Waals surface area contributed by atoms with Crippen molar-refractivity contribution >= 4 is 23.8 Å². The van der Waals surface area contributed by atoms with Crippen LogP contribution in [0.5, 0.6) is 11.5 Å². The fraction of sp³-hybridized carbons (Fsp3) is 0.414. The van der Waals surface area contributed by atoms with Gasteiger partial charge in [-0.15, -0.1) is 0 Å². The van der Waals surface area contributed by atoms with Gasteiger partial charge in [0.15, 0.2) is 23.2 Å². The smallest absolute Gasteiger partial charge is 0.333 e. The molecule has 1 aromatic heterocycles. The number of ether oxygens (including phenoxy) is 7. The first kappa shape index (κ1) is 31.9. The van der Waals surface area contributed by atoms with Gasteiger partial charge >= 0.3 is 17.9 Å². The van der Waals surface area contributed by atoms with Crippen LogP contribution in [0.1, 0.15) is 29.9 Å². The fourth-order valence-electron chi connectivity index (χ4n) is 4.17. The van der Waals surface area contributed by atoms with Crippen molar-refractivity contribution in [3.8, 4) is 11.5 Å². The van der Waals surface area contributed by atoms with E-state index in [-0.39, 0.29) is 36.3 Å². The van der Waals surface area contributed by atoms with Crippen LogP contribution in [0.3, 0.4) is 0 Å². The number of benzene rings is 1. The van der Waals surface area contributed by atoms with E-state index in [0.717, 1.165) is 11.6 Å². The molecule has 1 N–H and O–H groups in total. The maximum absolute atomic E-state index is 13.3. The zero-order valence-corrected chi connectivity index (χ0v) is 23.8. The van der Waals surface area contributed by atoms with Gasteiger partial charge in [-0.05, 0) is 18.9 Å². The maximum Gasteiger partial charge on any atom is 0.333 e. The van der Waals surface area contributed by atoms with Crippen molar-refractivity contribution in [1.29, 1.82) is 0 Å². The monoisotopic (exact) mass is 586 g/mol. The van der Waals surface area contributed by atoms with Crippen LogP contribution in [-0.4, -0.2) is 81.3 Å². The first-order chi connectivity index (χ1) is 20.2. The molecule has 1 aliphatic rings. The summed E-state index contributed by atoms with van der Waals surface area (Å²) in [5, 5.41) is 2.58. The highest BCUT2D eigenvalue weighted by molar-refractivity contribution is 5.98. The number of hydrogen-bond donors (Lipinski definition) is 1. The summed E-state index contributed by atoms with van der Waals surface area (Å²) in [7, 11) is 2.61. The molecule has 1 fully saturated rings. The molecule has 0 radical (unpaired) electrons. The highest BCUT2D eigenvalue weighted by Gasteiger charge is 2.36. The Bertz CT molecular complexity index is 1250. The van der Waals surface area contributed by atoms with E-state index in [1.54, 1.807) is 6.92 Å². The van der Waals surface area contributed by atoms with Crippen molar-refractivity contribution < 1.29 is 52.3 Å². The van der Waals surface area contributed by atoms with Gasteiger partial charge in [-0.1, -0.05) is 30.3 Å². The van der Waals surface area contributed by atoms with Gasteiger partial charge in [0.05, 0.1) is 39.8 Å². The molecule has 2 heterocycles. The van der Waals surface area contributed by atoms with Crippen LogP contribution in [0.2, 0.25) is 0 Å².